The summed E-state index contributed by atoms with van der Waals surface area (Å²) in [5, 5.41) is 0. The first-order valence-corrected chi connectivity index (χ1v) is 27.1. The minimum atomic E-state index is -0.808. The maximum atomic E-state index is 12.8. The largest absolute Gasteiger partial charge is 0.462 e. The standard InChI is InChI=1S/C61H98O6/c1-4-7-10-13-16-19-22-25-28-30-31-32-34-36-39-42-45-48-51-54-60(63)66-57-58(56-65-59(62)53-50-47-44-41-38-35-27-24-21-18-15-12-9-6-3)67-61(64)55-52-49-46-43-40-37-33-29-26-23-20-17-14-11-8-5-2/h7,9-10,12-13,16,18-19,21-22,25,27-28,30-32,34-36,39,58H,4-6,8,11,14-15,17,20,23-24,26,29,33,37-38,40-57H2,1-3H3/b10-7-,12-9-,16-13-,21-18-,22-19-,28-25-,31-30+,34-32-,35-27-,39-36-. The molecule has 0 radical (unpaired) electrons. The van der Waals surface area contributed by atoms with Gasteiger partial charge in [-0.3, -0.25) is 14.4 Å². The van der Waals surface area contributed by atoms with Gasteiger partial charge in [0.25, 0.3) is 0 Å². The molecule has 0 N–H and O–H groups in total. The van der Waals surface area contributed by atoms with E-state index in [0.29, 0.717) is 19.3 Å². The Bertz CT molecular complexity index is 1440. The minimum Gasteiger partial charge on any atom is -0.462 e. The Morgan fingerprint density at radius 3 is 1.10 bits per heavy atom. The number of carbonyl (C=O) groups is 3. The second-order valence-corrected chi connectivity index (χ2v) is 17.6. The van der Waals surface area contributed by atoms with Crippen molar-refractivity contribution >= 4 is 17.9 Å². The van der Waals surface area contributed by atoms with Crippen molar-refractivity contribution in [3.05, 3.63) is 122 Å². The molecule has 0 rings (SSSR count). The predicted octanol–water partition coefficient (Wildman–Crippen LogP) is 18.1. The number of hydrogen-bond donors (Lipinski definition) is 0. The van der Waals surface area contributed by atoms with Crippen molar-refractivity contribution in [2.45, 2.75) is 232 Å². The van der Waals surface area contributed by atoms with E-state index in [1.54, 1.807) is 0 Å². The summed E-state index contributed by atoms with van der Waals surface area (Å²) in [4.78, 5) is 38.1. The van der Waals surface area contributed by atoms with Crippen LogP contribution in [0, 0.1) is 0 Å². The molecule has 1 atom stereocenters. The third-order valence-electron chi connectivity index (χ3n) is 11.2. The lowest BCUT2D eigenvalue weighted by Crippen LogP contribution is -2.30. The van der Waals surface area contributed by atoms with E-state index in [0.717, 1.165) is 103 Å². The molecule has 0 heterocycles. The van der Waals surface area contributed by atoms with Gasteiger partial charge in [-0.05, 0) is 70.6 Å². The van der Waals surface area contributed by atoms with Crippen molar-refractivity contribution in [1.29, 1.82) is 0 Å². The molecule has 0 bridgehead atoms. The van der Waals surface area contributed by atoms with Crippen LogP contribution in [-0.4, -0.2) is 37.2 Å². The van der Waals surface area contributed by atoms with Gasteiger partial charge in [0, 0.05) is 19.3 Å². The van der Waals surface area contributed by atoms with E-state index in [4.69, 9.17) is 14.2 Å². The molecule has 1 unspecified atom stereocenters. The van der Waals surface area contributed by atoms with Crippen LogP contribution < -0.4 is 0 Å². The monoisotopic (exact) mass is 927 g/mol. The lowest BCUT2D eigenvalue weighted by Gasteiger charge is -2.18. The summed E-state index contributed by atoms with van der Waals surface area (Å²) in [6, 6.07) is 0. The van der Waals surface area contributed by atoms with Gasteiger partial charge in [-0.25, -0.2) is 0 Å². The molecule has 0 saturated heterocycles. The number of rotatable bonds is 47. The smallest absolute Gasteiger partial charge is 0.306 e. The van der Waals surface area contributed by atoms with E-state index >= 15 is 0 Å². The molecule has 0 amide bonds. The molecule has 0 aliphatic rings. The fraction of sp³-hybridized carbons (Fsp3) is 0.623. The summed E-state index contributed by atoms with van der Waals surface area (Å²) in [6.45, 7) is 6.32. The topological polar surface area (TPSA) is 78.9 Å². The van der Waals surface area contributed by atoms with Gasteiger partial charge in [0.1, 0.15) is 13.2 Å². The first-order chi connectivity index (χ1) is 33.0. The van der Waals surface area contributed by atoms with Crippen molar-refractivity contribution in [3.63, 3.8) is 0 Å². The molecule has 0 spiro atoms. The highest BCUT2D eigenvalue weighted by molar-refractivity contribution is 5.71. The normalized spacial score (nSPS) is 13.1. The molecule has 67 heavy (non-hydrogen) atoms. The highest BCUT2D eigenvalue weighted by Crippen LogP contribution is 2.15. The zero-order chi connectivity index (χ0) is 48.6. The van der Waals surface area contributed by atoms with Gasteiger partial charge in [-0.15, -0.1) is 0 Å². The molecule has 0 aliphatic heterocycles. The van der Waals surface area contributed by atoms with Crippen LogP contribution in [0.5, 0.6) is 0 Å². The number of carbonyl (C=O) groups excluding carboxylic acids is 3. The van der Waals surface area contributed by atoms with Gasteiger partial charge in [0.05, 0.1) is 0 Å². The molecule has 0 aromatic heterocycles. The van der Waals surface area contributed by atoms with Crippen LogP contribution in [0.25, 0.3) is 0 Å². The van der Waals surface area contributed by atoms with Crippen molar-refractivity contribution in [3.8, 4) is 0 Å². The number of unbranched alkanes of at least 4 members (excludes halogenated alkanes) is 22. The quantitative estimate of drug-likeness (QED) is 0.0199. The molecule has 0 aliphatic carbocycles. The number of allylic oxidation sites excluding steroid dienone is 20. The van der Waals surface area contributed by atoms with Gasteiger partial charge >= 0.3 is 17.9 Å². The van der Waals surface area contributed by atoms with Crippen molar-refractivity contribution in [1.82, 2.24) is 0 Å². The average Bonchev–Trinajstić information content (AvgIpc) is 3.33. The van der Waals surface area contributed by atoms with E-state index in [2.05, 4.69) is 69.4 Å². The van der Waals surface area contributed by atoms with E-state index < -0.39 is 6.10 Å². The Kier molecular flexibility index (Phi) is 51.0. The van der Waals surface area contributed by atoms with Crippen LogP contribution >= 0.6 is 0 Å². The van der Waals surface area contributed by atoms with Crippen molar-refractivity contribution in [2.24, 2.45) is 0 Å². The van der Waals surface area contributed by atoms with E-state index in [1.807, 2.05) is 72.9 Å². The highest BCUT2D eigenvalue weighted by Gasteiger charge is 2.19. The number of esters is 3. The molecule has 0 aromatic rings. The fourth-order valence-electron chi connectivity index (χ4n) is 7.15. The Hall–Kier alpha value is -4.19. The molecular weight excluding hydrogens is 829 g/mol. The van der Waals surface area contributed by atoms with E-state index in [1.165, 1.54) is 83.5 Å². The Labute approximate surface area is 412 Å². The van der Waals surface area contributed by atoms with Crippen LogP contribution in [0.15, 0.2) is 122 Å². The van der Waals surface area contributed by atoms with Crippen molar-refractivity contribution < 1.29 is 28.6 Å². The van der Waals surface area contributed by atoms with Crippen molar-refractivity contribution in [2.75, 3.05) is 13.2 Å². The summed E-state index contributed by atoms with van der Waals surface area (Å²) in [7, 11) is 0. The summed E-state index contributed by atoms with van der Waals surface area (Å²) in [5.41, 5.74) is 0. The Morgan fingerprint density at radius 2 is 0.657 bits per heavy atom. The third kappa shape index (κ3) is 52.6. The maximum Gasteiger partial charge on any atom is 0.306 e. The molecule has 0 fully saturated rings. The Balaban J connectivity index is 4.53. The van der Waals surface area contributed by atoms with Gasteiger partial charge in [-0.1, -0.05) is 258 Å². The number of hydrogen-bond acceptors (Lipinski definition) is 6. The summed E-state index contributed by atoms with van der Waals surface area (Å²) >= 11 is 0. The van der Waals surface area contributed by atoms with E-state index in [-0.39, 0.29) is 31.1 Å². The summed E-state index contributed by atoms with van der Waals surface area (Å²) in [6.07, 6.45) is 74.6. The summed E-state index contributed by atoms with van der Waals surface area (Å²) in [5.74, 6) is -0.974. The van der Waals surface area contributed by atoms with Crippen LogP contribution in [0.2, 0.25) is 0 Å². The van der Waals surface area contributed by atoms with Crippen LogP contribution in [0.3, 0.4) is 0 Å². The van der Waals surface area contributed by atoms with Gasteiger partial charge in [-0.2, -0.15) is 0 Å². The van der Waals surface area contributed by atoms with E-state index in [9.17, 15) is 14.4 Å². The zero-order valence-corrected chi connectivity index (χ0v) is 43.1. The Morgan fingerprint density at radius 1 is 0.328 bits per heavy atom. The van der Waals surface area contributed by atoms with Crippen LogP contribution in [-0.2, 0) is 28.6 Å². The van der Waals surface area contributed by atoms with Gasteiger partial charge in [0.15, 0.2) is 6.10 Å². The molecule has 378 valence electrons. The average molecular weight is 927 g/mol. The molecule has 6 nitrogen and oxygen atoms in total. The molecule has 6 heteroatoms. The first-order valence-electron chi connectivity index (χ1n) is 27.1. The van der Waals surface area contributed by atoms with Crippen LogP contribution in [0.1, 0.15) is 226 Å². The number of ether oxygens (including phenoxy) is 3. The third-order valence-corrected chi connectivity index (χ3v) is 11.2. The summed E-state index contributed by atoms with van der Waals surface area (Å²) < 4.78 is 16.8. The fourth-order valence-corrected chi connectivity index (χ4v) is 7.15. The SMILES string of the molecule is CC\C=C/C=C\C=C/C=C\C=C\C=C/C=C\CCCCCC(=O)OCC(COC(=O)CCCCCC/C=C\C/C=C\C/C=C\CC)OC(=O)CCCCCCCCCCCCCCCCCC. The van der Waals surface area contributed by atoms with Gasteiger partial charge in [0.2, 0.25) is 0 Å². The van der Waals surface area contributed by atoms with Crippen LogP contribution in [0.4, 0.5) is 0 Å². The molecule has 0 saturated carbocycles. The predicted molar refractivity (Wildman–Crippen MR) is 288 cm³/mol. The minimum absolute atomic E-state index is 0.106. The molecule has 0 aromatic carbocycles. The maximum absolute atomic E-state index is 12.8. The first kappa shape index (κ1) is 62.8. The second kappa shape index (κ2) is 54.4. The molecular formula is C61H98O6. The van der Waals surface area contributed by atoms with Gasteiger partial charge < -0.3 is 14.2 Å². The lowest BCUT2D eigenvalue weighted by atomic mass is 10.0. The highest BCUT2D eigenvalue weighted by atomic mass is 16.6. The zero-order valence-electron chi connectivity index (χ0n) is 43.1. The lowest BCUT2D eigenvalue weighted by molar-refractivity contribution is -0.167. The second-order valence-electron chi connectivity index (χ2n) is 17.6.